The Morgan fingerprint density at radius 2 is 1.81 bits per heavy atom. The average Bonchev–Trinajstić information content (AvgIpc) is 3.27. The molecule has 198 valence electrons. The maximum atomic E-state index is 14.3. The van der Waals surface area contributed by atoms with Crippen molar-refractivity contribution in [3.05, 3.63) is 24.3 Å². The Hall–Kier alpha value is -2.19. The number of aliphatic hydroxyl groups is 1. The van der Waals surface area contributed by atoms with Gasteiger partial charge in [-0.3, -0.25) is 14.4 Å². The van der Waals surface area contributed by atoms with E-state index in [2.05, 4.69) is 0 Å². The molecule has 1 spiro atoms. The molecule has 0 aromatic carbocycles. The number of esters is 1. The Bertz CT molecular complexity index is 896. The molecule has 4 heterocycles. The Morgan fingerprint density at radius 1 is 0.972 bits per heavy atom. The van der Waals surface area contributed by atoms with Crippen LogP contribution >= 0.6 is 0 Å². The highest BCUT2D eigenvalue weighted by Crippen LogP contribution is 2.53. The second-order valence-electron chi connectivity index (χ2n) is 10.9. The summed E-state index contributed by atoms with van der Waals surface area (Å²) in [6, 6.07) is -0.618. The van der Waals surface area contributed by atoms with Gasteiger partial charge >= 0.3 is 5.97 Å². The third-order valence-electron chi connectivity index (χ3n) is 8.70. The molecule has 0 aromatic rings. The molecule has 1 N–H and O–H groups in total. The average molecular weight is 501 g/mol. The third kappa shape index (κ3) is 4.51. The highest BCUT2D eigenvalue weighted by atomic mass is 16.6. The second kappa shape index (κ2) is 11.1. The highest BCUT2D eigenvalue weighted by molar-refractivity contribution is 5.99. The molecule has 4 aliphatic heterocycles. The van der Waals surface area contributed by atoms with Gasteiger partial charge in [0.1, 0.15) is 17.6 Å². The van der Waals surface area contributed by atoms with E-state index in [0.717, 1.165) is 51.4 Å². The number of rotatable bonds is 6. The molecule has 5 rings (SSSR count). The minimum atomic E-state index is -1.18. The molecule has 1 saturated carbocycles. The molecule has 5 atom stereocenters. The van der Waals surface area contributed by atoms with Crippen molar-refractivity contribution in [3.8, 4) is 0 Å². The van der Waals surface area contributed by atoms with Gasteiger partial charge in [0.05, 0.1) is 18.6 Å². The van der Waals surface area contributed by atoms with Crippen molar-refractivity contribution in [3.63, 3.8) is 0 Å². The Morgan fingerprint density at radius 3 is 2.61 bits per heavy atom. The number of aliphatic hydroxyl groups excluding tert-OH is 1. The molecule has 36 heavy (non-hydrogen) atoms. The molecule has 3 fully saturated rings. The highest BCUT2D eigenvalue weighted by Gasteiger charge is 2.71. The van der Waals surface area contributed by atoms with Crippen molar-refractivity contribution in [1.82, 2.24) is 9.80 Å². The fourth-order valence-corrected chi connectivity index (χ4v) is 6.97. The van der Waals surface area contributed by atoms with Crippen LogP contribution in [-0.2, 0) is 23.9 Å². The fraction of sp³-hybridized carbons (Fsp3) is 0.750. The van der Waals surface area contributed by atoms with Crippen molar-refractivity contribution in [2.45, 2.75) is 94.4 Å². The summed E-state index contributed by atoms with van der Waals surface area (Å²) in [5, 5.41) is 9.21. The molecule has 0 bridgehead atoms. The first kappa shape index (κ1) is 25.5. The molecule has 1 aliphatic carbocycles. The number of hydrogen-bond donors (Lipinski definition) is 1. The van der Waals surface area contributed by atoms with E-state index >= 15 is 0 Å². The van der Waals surface area contributed by atoms with Crippen LogP contribution in [0.5, 0.6) is 0 Å². The Kier molecular flexibility index (Phi) is 7.82. The minimum Gasteiger partial charge on any atom is -0.465 e. The predicted molar refractivity (Wildman–Crippen MR) is 133 cm³/mol. The lowest BCUT2D eigenvalue weighted by Gasteiger charge is -2.39. The van der Waals surface area contributed by atoms with Gasteiger partial charge in [0, 0.05) is 25.7 Å². The van der Waals surface area contributed by atoms with E-state index in [1.165, 1.54) is 6.42 Å². The first-order valence-corrected chi connectivity index (χ1v) is 14.0. The quantitative estimate of drug-likeness (QED) is 0.342. The summed E-state index contributed by atoms with van der Waals surface area (Å²) in [5.74, 6) is -2.21. The van der Waals surface area contributed by atoms with E-state index < -0.39 is 35.6 Å². The van der Waals surface area contributed by atoms with E-state index in [1.54, 1.807) is 4.90 Å². The SMILES string of the molecule is O=C1OCCCC/C=C\[C@H]2O[C@]34C=CCN(C5CCCCC5)C(=O)C3N(CCCCCO)C(=O)[C@@H]4[C@@H]12. The fourth-order valence-electron chi connectivity index (χ4n) is 6.97. The maximum absolute atomic E-state index is 14.3. The normalized spacial score (nSPS) is 36.2. The number of unbranched alkanes of at least 4 members (excludes halogenated alkanes) is 2. The number of amides is 2. The summed E-state index contributed by atoms with van der Waals surface area (Å²) in [6.07, 6.45) is 17.3. The number of ether oxygens (including phenoxy) is 2. The van der Waals surface area contributed by atoms with Crippen molar-refractivity contribution in [1.29, 1.82) is 0 Å². The van der Waals surface area contributed by atoms with E-state index in [4.69, 9.17) is 9.47 Å². The molecule has 1 unspecified atom stereocenters. The minimum absolute atomic E-state index is 0.0639. The third-order valence-corrected chi connectivity index (χ3v) is 8.70. The second-order valence-corrected chi connectivity index (χ2v) is 10.9. The van der Waals surface area contributed by atoms with E-state index in [1.807, 2.05) is 29.2 Å². The number of carbonyl (C=O) groups excluding carboxylic acids is 3. The van der Waals surface area contributed by atoms with Gasteiger partial charge in [0.25, 0.3) is 0 Å². The van der Waals surface area contributed by atoms with Crippen LogP contribution in [0.15, 0.2) is 24.3 Å². The standard InChI is InChI=1S/C28H40N2O6/c31-18-9-4-8-16-30-24-26(33)29(20-12-5-3-6-13-20)17-11-15-28(24)23(25(30)32)22-21(36-28)14-7-1-2-10-19-35-27(22)34/h7,11,14-15,20-24,31H,1-6,8-10,12-13,16-19H2/b14-7-/t21-,22+,23+,24?,28+/m1/s1. The predicted octanol–water partition coefficient (Wildman–Crippen LogP) is 2.74. The molecule has 8 nitrogen and oxygen atoms in total. The first-order chi connectivity index (χ1) is 17.6. The number of likely N-dealkylation sites (tertiary alicyclic amines) is 1. The summed E-state index contributed by atoms with van der Waals surface area (Å²) in [4.78, 5) is 45.3. The molecular weight excluding hydrogens is 460 g/mol. The molecule has 0 radical (unpaired) electrons. The van der Waals surface area contributed by atoms with E-state index in [-0.39, 0.29) is 24.5 Å². The number of allylic oxidation sites excluding steroid dienone is 1. The van der Waals surface area contributed by atoms with Gasteiger partial charge in [-0.05, 0) is 51.4 Å². The lowest BCUT2D eigenvalue weighted by molar-refractivity contribution is -0.155. The molecule has 8 heteroatoms. The van der Waals surface area contributed by atoms with Crippen LogP contribution in [0, 0.1) is 11.8 Å². The van der Waals surface area contributed by atoms with Crippen LogP contribution in [0.3, 0.4) is 0 Å². The lowest BCUT2D eigenvalue weighted by atomic mass is 9.77. The molecular formula is C28H40N2O6. The number of fused-ring (bicyclic) bond motifs is 2. The lowest BCUT2D eigenvalue weighted by Crippen LogP contribution is -2.57. The number of cyclic esters (lactones) is 1. The zero-order chi connectivity index (χ0) is 25.1. The zero-order valence-corrected chi connectivity index (χ0v) is 21.2. The summed E-state index contributed by atoms with van der Waals surface area (Å²) in [5.41, 5.74) is -1.18. The van der Waals surface area contributed by atoms with Gasteiger partial charge in [0.2, 0.25) is 11.8 Å². The largest absolute Gasteiger partial charge is 0.465 e. The van der Waals surface area contributed by atoms with Crippen LogP contribution in [0.4, 0.5) is 0 Å². The van der Waals surface area contributed by atoms with Gasteiger partial charge < -0.3 is 24.4 Å². The van der Waals surface area contributed by atoms with Crippen LogP contribution < -0.4 is 0 Å². The summed E-state index contributed by atoms with van der Waals surface area (Å²) in [7, 11) is 0. The maximum Gasteiger partial charge on any atom is 0.312 e. The van der Waals surface area contributed by atoms with Crippen molar-refractivity contribution < 1.29 is 29.0 Å². The van der Waals surface area contributed by atoms with Crippen LogP contribution in [0.2, 0.25) is 0 Å². The monoisotopic (exact) mass is 500 g/mol. The summed E-state index contributed by atoms with van der Waals surface area (Å²) < 4.78 is 12.3. The summed E-state index contributed by atoms with van der Waals surface area (Å²) >= 11 is 0. The van der Waals surface area contributed by atoms with Gasteiger partial charge in [-0.2, -0.15) is 0 Å². The zero-order valence-electron chi connectivity index (χ0n) is 21.2. The summed E-state index contributed by atoms with van der Waals surface area (Å²) in [6.45, 7) is 1.35. The molecule has 0 aromatic heterocycles. The van der Waals surface area contributed by atoms with Crippen LogP contribution in [0.1, 0.15) is 70.6 Å². The number of nitrogens with zero attached hydrogens (tertiary/aromatic N) is 2. The van der Waals surface area contributed by atoms with Gasteiger partial charge in [-0.25, -0.2) is 0 Å². The molecule has 2 saturated heterocycles. The Labute approximate surface area is 213 Å². The Balaban J connectivity index is 1.52. The van der Waals surface area contributed by atoms with Crippen molar-refractivity contribution >= 4 is 17.8 Å². The number of hydrogen-bond acceptors (Lipinski definition) is 6. The topological polar surface area (TPSA) is 96.4 Å². The van der Waals surface area contributed by atoms with Crippen molar-refractivity contribution in [2.24, 2.45) is 11.8 Å². The van der Waals surface area contributed by atoms with Crippen LogP contribution in [0.25, 0.3) is 0 Å². The van der Waals surface area contributed by atoms with Gasteiger partial charge in [-0.15, -0.1) is 0 Å². The van der Waals surface area contributed by atoms with Crippen molar-refractivity contribution in [2.75, 3.05) is 26.3 Å². The molecule has 2 amide bonds. The van der Waals surface area contributed by atoms with E-state index in [9.17, 15) is 19.5 Å². The first-order valence-electron chi connectivity index (χ1n) is 14.0. The van der Waals surface area contributed by atoms with Gasteiger partial charge in [-0.1, -0.05) is 43.6 Å². The molecule has 5 aliphatic rings. The van der Waals surface area contributed by atoms with Crippen LogP contribution in [-0.4, -0.2) is 82.8 Å². The van der Waals surface area contributed by atoms with E-state index in [0.29, 0.717) is 32.5 Å². The van der Waals surface area contributed by atoms with Gasteiger partial charge in [0.15, 0.2) is 0 Å². The number of carbonyl (C=O) groups is 3. The smallest absolute Gasteiger partial charge is 0.312 e.